The smallest absolute Gasteiger partial charge is 0.404 e. The Morgan fingerprint density at radius 3 is 2.68 bits per heavy atom. The molecule has 2 amide bonds. The Morgan fingerprint density at radius 2 is 2.11 bits per heavy atom. The van der Waals surface area contributed by atoms with Gasteiger partial charge in [-0.15, -0.1) is 0 Å². The van der Waals surface area contributed by atoms with E-state index in [9.17, 15) is 9.59 Å². The van der Waals surface area contributed by atoms with Gasteiger partial charge in [-0.25, -0.2) is 9.78 Å². The number of ether oxygens (including phenoxy) is 1. The first-order valence-corrected chi connectivity index (χ1v) is 5.37. The number of anilines is 2. The molecule has 0 atom stereocenters. The first kappa shape index (κ1) is 14.3. The van der Waals surface area contributed by atoms with Gasteiger partial charge in [0.05, 0.1) is 11.3 Å². The van der Waals surface area contributed by atoms with E-state index in [4.69, 9.17) is 17.2 Å². The van der Waals surface area contributed by atoms with Crippen LogP contribution in [0.4, 0.5) is 16.3 Å². The van der Waals surface area contributed by atoms with Gasteiger partial charge in [-0.05, 0) is 12.1 Å². The number of hydrogen-bond donors (Lipinski definition) is 4. The maximum Gasteiger partial charge on any atom is 0.404 e. The molecule has 102 valence electrons. The van der Waals surface area contributed by atoms with E-state index in [0.29, 0.717) is 18.1 Å². The molecule has 8 nitrogen and oxygen atoms in total. The van der Waals surface area contributed by atoms with E-state index in [1.807, 2.05) is 0 Å². The summed E-state index contributed by atoms with van der Waals surface area (Å²) in [4.78, 5) is 25.1. The molecule has 1 aromatic rings. The summed E-state index contributed by atoms with van der Waals surface area (Å²) in [7, 11) is 0. The molecule has 1 rings (SSSR count). The summed E-state index contributed by atoms with van der Waals surface area (Å²) in [6.07, 6.45) is 3.84. The Balaban J connectivity index is 2.45. The molecule has 0 fully saturated rings. The summed E-state index contributed by atoms with van der Waals surface area (Å²) in [6.45, 7) is 0.524. The molecular formula is C11H15N5O3. The summed E-state index contributed by atoms with van der Waals surface area (Å²) in [5.74, 6) is -0.153. The maximum absolute atomic E-state index is 10.9. The van der Waals surface area contributed by atoms with E-state index >= 15 is 0 Å². The fourth-order valence-corrected chi connectivity index (χ4v) is 1.20. The van der Waals surface area contributed by atoms with Gasteiger partial charge in [0.1, 0.15) is 12.4 Å². The molecule has 0 aromatic carbocycles. The first-order chi connectivity index (χ1) is 9.00. The second kappa shape index (κ2) is 6.84. The molecule has 0 aliphatic rings. The van der Waals surface area contributed by atoms with Gasteiger partial charge < -0.3 is 27.3 Å². The summed E-state index contributed by atoms with van der Waals surface area (Å²) >= 11 is 0. The van der Waals surface area contributed by atoms with Crippen molar-refractivity contribution < 1.29 is 14.3 Å². The van der Waals surface area contributed by atoms with Gasteiger partial charge in [-0.3, -0.25) is 4.79 Å². The summed E-state index contributed by atoms with van der Waals surface area (Å²) in [5, 5.41) is 2.92. The largest absolute Gasteiger partial charge is 0.445 e. The Morgan fingerprint density at radius 1 is 1.37 bits per heavy atom. The van der Waals surface area contributed by atoms with Gasteiger partial charge in [0.25, 0.3) is 0 Å². The molecule has 0 aliphatic carbocycles. The Bertz CT molecular complexity index is 501. The van der Waals surface area contributed by atoms with Crippen LogP contribution in [0.25, 0.3) is 0 Å². The highest BCUT2D eigenvalue weighted by molar-refractivity contribution is 5.94. The van der Waals surface area contributed by atoms with Crippen LogP contribution in [0.2, 0.25) is 0 Å². The lowest BCUT2D eigenvalue weighted by Gasteiger charge is -2.06. The van der Waals surface area contributed by atoms with Crippen LogP contribution in [0.1, 0.15) is 10.4 Å². The quantitative estimate of drug-likeness (QED) is 0.525. The van der Waals surface area contributed by atoms with Gasteiger partial charge in [-0.1, -0.05) is 6.08 Å². The van der Waals surface area contributed by atoms with Gasteiger partial charge in [0.2, 0.25) is 5.91 Å². The zero-order valence-electron chi connectivity index (χ0n) is 10.1. The number of primary amides is 2. The average Bonchev–Trinajstić information content (AvgIpc) is 2.34. The Hall–Kier alpha value is -2.77. The average molecular weight is 265 g/mol. The molecule has 19 heavy (non-hydrogen) atoms. The van der Waals surface area contributed by atoms with E-state index in [1.165, 1.54) is 12.3 Å². The number of rotatable bonds is 6. The van der Waals surface area contributed by atoms with Gasteiger partial charge in [0, 0.05) is 12.7 Å². The van der Waals surface area contributed by atoms with Crippen LogP contribution in [0, 0.1) is 0 Å². The fraction of sp³-hybridized carbons (Fsp3) is 0.182. The van der Waals surface area contributed by atoms with Crippen LogP contribution in [-0.2, 0) is 4.74 Å². The van der Waals surface area contributed by atoms with Crippen molar-refractivity contribution in [1.82, 2.24) is 4.98 Å². The molecule has 1 aromatic heterocycles. The minimum Gasteiger partial charge on any atom is -0.445 e. The van der Waals surface area contributed by atoms with Crippen molar-refractivity contribution >= 4 is 23.5 Å². The highest BCUT2D eigenvalue weighted by Gasteiger charge is 2.05. The second-order valence-corrected chi connectivity index (χ2v) is 3.51. The van der Waals surface area contributed by atoms with E-state index < -0.39 is 12.0 Å². The molecule has 0 saturated carbocycles. The molecule has 0 radical (unpaired) electrons. The van der Waals surface area contributed by atoms with Crippen molar-refractivity contribution in [3.05, 3.63) is 30.0 Å². The Labute approximate surface area is 109 Å². The number of amides is 2. The molecule has 0 spiro atoms. The zero-order valence-corrected chi connectivity index (χ0v) is 10.1. The van der Waals surface area contributed by atoms with Crippen molar-refractivity contribution in [3.8, 4) is 0 Å². The molecule has 0 unspecified atom stereocenters. The van der Waals surface area contributed by atoms with Crippen LogP contribution in [0.15, 0.2) is 24.4 Å². The number of carbonyl (C=O) groups is 2. The van der Waals surface area contributed by atoms with E-state index in [2.05, 4.69) is 15.0 Å². The number of nitrogen functional groups attached to an aromatic ring is 1. The van der Waals surface area contributed by atoms with Crippen molar-refractivity contribution in [1.29, 1.82) is 0 Å². The number of pyridine rings is 1. The topological polar surface area (TPSA) is 146 Å². The van der Waals surface area contributed by atoms with Crippen LogP contribution in [-0.4, -0.2) is 30.1 Å². The Kier molecular flexibility index (Phi) is 5.15. The summed E-state index contributed by atoms with van der Waals surface area (Å²) in [6, 6.07) is 1.44. The third-order valence-corrected chi connectivity index (χ3v) is 2.08. The number of nitrogens with zero attached hydrogens (tertiary/aromatic N) is 1. The molecular weight excluding hydrogens is 250 g/mol. The van der Waals surface area contributed by atoms with Gasteiger partial charge in [0.15, 0.2) is 0 Å². The van der Waals surface area contributed by atoms with E-state index in [1.54, 1.807) is 12.2 Å². The van der Waals surface area contributed by atoms with Crippen molar-refractivity contribution in [3.63, 3.8) is 0 Å². The maximum atomic E-state index is 10.9. The van der Waals surface area contributed by atoms with Gasteiger partial charge in [-0.2, -0.15) is 0 Å². The molecule has 0 aliphatic heterocycles. The molecule has 1 heterocycles. The standard InChI is InChI=1S/C11H15N5O3/c12-8-5-7(9(13)17)6-16-10(8)15-3-1-2-4-19-11(14)18/h1-2,5-6H,3-4,12H2,(H2,13,17)(H2,14,18)(H,15,16). The first-order valence-electron chi connectivity index (χ1n) is 5.37. The highest BCUT2D eigenvalue weighted by Crippen LogP contribution is 2.15. The van der Waals surface area contributed by atoms with Crippen molar-refractivity contribution in [2.24, 2.45) is 11.5 Å². The fourth-order valence-electron chi connectivity index (χ4n) is 1.20. The zero-order chi connectivity index (χ0) is 14.3. The molecule has 8 heteroatoms. The number of carbonyl (C=O) groups excluding carboxylic acids is 2. The predicted molar refractivity (Wildman–Crippen MR) is 70.3 cm³/mol. The number of nitrogens with two attached hydrogens (primary N) is 3. The van der Waals surface area contributed by atoms with Crippen LogP contribution in [0.3, 0.4) is 0 Å². The number of aromatic nitrogens is 1. The van der Waals surface area contributed by atoms with Crippen molar-refractivity contribution in [2.45, 2.75) is 0 Å². The van der Waals surface area contributed by atoms with E-state index in [0.717, 1.165) is 0 Å². The predicted octanol–water partition coefficient (Wildman–Crippen LogP) is -0.174. The summed E-state index contributed by atoms with van der Waals surface area (Å²) in [5.41, 5.74) is 16.1. The third-order valence-electron chi connectivity index (χ3n) is 2.08. The normalized spacial score (nSPS) is 10.3. The SMILES string of the molecule is NC(=O)OCC=CCNc1ncc(C(N)=O)cc1N. The molecule has 0 saturated heterocycles. The minimum atomic E-state index is -0.828. The van der Waals surface area contributed by atoms with Crippen molar-refractivity contribution in [2.75, 3.05) is 24.2 Å². The monoisotopic (exact) mass is 265 g/mol. The lowest BCUT2D eigenvalue weighted by atomic mass is 10.2. The third kappa shape index (κ3) is 4.94. The summed E-state index contributed by atoms with van der Waals surface area (Å²) < 4.78 is 4.49. The van der Waals surface area contributed by atoms with E-state index in [-0.39, 0.29) is 12.2 Å². The van der Waals surface area contributed by atoms with Gasteiger partial charge >= 0.3 is 6.09 Å². The van der Waals surface area contributed by atoms with Crippen LogP contribution >= 0.6 is 0 Å². The highest BCUT2D eigenvalue weighted by atomic mass is 16.5. The lowest BCUT2D eigenvalue weighted by molar-refractivity contribution is 0.1000. The number of nitrogens with one attached hydrogen (secondary N) is 1. The minimum absolute atomic E-state index is 0.0978. The van der Waals surface area contributed by atoms with Crippen LogP contribution < -0.4 is 22.5 Å². The molecule has 0 bridgehead atoms. The molecule has 7 N–H and O–H groups in total. The second-order valence-electron chi connectivity index (χ2n) is 3.51. The van der Waals surface area contributed by atoms with Crippen LogP contribution in [0.5, 0.6) is 0 Å². The lowest BCUT2D eigenvalue weighted by Crippen LogP contribution is -2.13. The number of hydrogen-bond acceptors (Lipinski definition) is 6.